The molecule has 0 aliphatic heterocycles. The number of nitrogens with one attached hydrogen (secondary N) is 1. The Morgan fingerprint density at radius 3 is 2.56 bits per heavy atom. The zero-order valence-corrected chi connectivity index (χ0v) is 17.0. The van der Waals surface area contributed by atoms with Crippen LogP contribution in [0.15, 0.2) is 22.6 Å². The number of esters is 1. The van der Waals surface area contributed by atoms with Gasteiger partial charge in [0, 0.05) is 15.8 Å². The summed E-state index contributed by atoms with van der Waals surface area (Å²) in [5.74, 6) is -0.533. The van der Waals surface area contributed by atoms with Gasteiger partial charge in [-0.1, -0.05) is 13.0 Å². The Hall–Kier alpha value is -2.60. The minimum Gasteiger partial charge on any atom is -0.462 e. The number of amides is 1. The molecule has 1 amide bonds. The van der Waals surface area contributed by atoms with Crippen LogP contribution < -0.4 is 5.32 Å². The van der Waals surface area contributed by atoms with Gasteiger partial charge in [-0.05, 0) is 57.4 Å². The first-order valence-electron chi connectivity index (χ1n) is 8.97. The van der Waals surface area contributed by atoms with E-state index in [2.05, 4.69) is 18.3 Å². The predicted octanol–water partition coefficient (Wildman–Crippen LogP) is 5.41. The number of carbonyl (C=O) groups excluding carboxylic acids is 2. The number of thiophene rings is 1. The van der Waals surface area contributed by atoms with E-state index in [0.717, 1.165) is 27.8 Å². The molecule has 0 fully saturated rings. The van der Waals surface area contributed by atoms with Crippen molar-refractivity contribution in [2.24, 2.45) is 0 Å². The van der Waals surface area contributed by atoms with Gasteiger partial charge in [-0.15, -0.1) is 11.3 Å². The highest BCUT2D eigenvalue weighted by Crippen LogP contribution is 2.34. The summed E-state index contributed by atoms with van der Waals surface area (Å²) in [6.07, 6.45) is 0.915. The smallest absolute Gasteiger partial charge is 0.341 e. The fourth-order valence-corrected chi connectivity index (χ4v) is 4.07. The van der Waals surface area contributed by atoms with Crippen LogP contribution in [0.1, 0.15) is 56.3 Å². The number of anilines is 1. The minimum absolute atomic E-state index is 0.261. The molecular formula is C21H23NO4S. The molecule has 1 N–H and O–H groups in total. The van der Waals surface area contributed by atoms with Crippen molar-refractivity contribution in [1.29, 1.82) is 0 Å². The second kappa shape index (κ2) is 7.56. The summed E-state index contributed by atoms with van der Waals surface area (Å²) in [6.45, 7) is 9.76. The van der Waals surface area contributed by atoms with Crippen LogP contribution >= 0.6 is 11.3 Å². The Labute approximate surface area is 162 Å². The van der Waals surface area contributed by atoms with Crippen LogP contribution in [0.5, 0.6) is 0 Å². The van der Waals surface area contributed by atoms with E-state index in [1.807, 2.05) is 32.9 Å². The van der Waals surface area contributed by atoms with Gasteiger partial charge in [-0.2, -0.15) is 0 Å². The number of rotatable bonds is 5. The van der Waals surface area contributed by atoms with E-state index >= 15 is 0 Å². The Kier molecular flexibility index (Phi) is 5.37. The number of fused-ring (bicyclic) bond motifs is 1. The Balaban J connectivity index is 1.97. The molecule has 0 atom stereocenters. The Morgan fingerprint density at radius 1 is 1.15 bits per heavy atom. The average Bonchev–Trinajstić information content (AvgIpc) is 3.11. The maximum atomic E-state index is 12.9. The highest BCUT2D eigenvalue weighted by Gasteiger charge is 2.25. The number of aryl methyl sites for hydroxylation is 3. The lowest BCUT2D eigenvalue weighted by molar-refractivity contribution is 0.0527. The van der Waals surface area contributed by atoms with Crippen LogP contribution in [0.2, 0.25) is 0 Å². The third-order valence-electron chi connectivity index (χ3n) is 4.71. The lowest BCUT2D eigenvalue weighted by atomic mass is 10.1. The Morgan fingerprint density at radius 2 is 1.89 bits per heavy atom. The molecule has 0 bridgehead atoms. The lowest BCUT2D eigenvalue weighted by Gasteiger charge is -2.06. The molecule has 6 heteroatoms. The van der Waals surface area contributed by atoms with Crippen LogP contribution in [-0.4, -0.2) is 18.5 Å². The fourth-order valence-electron chi connectivity index (χ4n) is 3.03. The molecule has 0 aliphatic rings. The van der Waals surface area contributed by atoms with Gasteiger partial charge in [0.2, 0.25) is 0 Å². The fraction of sp³-hybridized carbons (Fsp3) is 0.333. The van der Waals surface area contributed by atoms with Crippen molar-refractivity contribution in [2.45, 2.75) is 41.0 Å². The molecule has 0 saturated carbocycles. The van der Waals surface area contributed by atoms with Crippen LogP contribution in [-0.2, 0) is 11.2 Å². The number of carbonyl (C=O) groups is 2. The van der Waals surface area contributed by atoms with E-state index in [9.17, 15) is 9.59 Å². The first kappa shape index (κ1) is 19.2. The van der Waals surface area contributed by atoms with Gasteiger partial charge in [0.25, 0.3) is 5.91 Å². The molecule has 0 unspecified atom stereocenters. The molecule has 2 heterocycles. The first-order valence-corrected chi connectivity index (χ1v) is 9.79. The summed E-state index contributed by atoms with van der Waals surface area (Å²) in [5, 5.41) is 4.27. The number of hydrogen-bond donors (Lipinski definition) is 1. The largest absolute Gasteiger partial charge is 0.462 e. The van der Waals surface area contributed by atoms with E-state index in [4.69, 9.17) is 9.15 Å². The average molecular weight is 385 g/mol. The van der Waals surface area contributed by atoms with Crippen LogP contribution in [0.25, 0.3) is 11.0 Å². The standard InChI is InChI=1S/C21H23NO4S/c1-6-14-8-9-16-15(10-14)12(4)18(26-16)19(23)22-20-17(21(24)25-7-2)11(3)13(5)27-20/h8-10H,6-7H2,1-5H3,(H,22,23). The second-order valence-electron chi connectivity index (χ2n) is 6.40. The van der Waals surface area contributed by atoms with Crippen molar-refractivity contribution in [1.82, 2.24) is 0 Å². The number of benzene rings is 1. The van der Waals surface area contributed by atoms with Crippen LogP contribution in [0.4, 0.5) is 5.00 Å². The maximum absolute atomic E-state index is 12.9. The third kappa shape index (κ3) is 3.49. The molecule has 5 nitrogen and oxygen atoms in total. The molecule has 1 aromatic carbocycles. The van der Waals surface area contributed by atoms with Gasteiger partial charge in [0.1, 0.15) is 10.6 Å². The monoisotopic (exact) mass is 385 g/mol. The summed E-state index contributed by atoms with van der Waals surface area (Å²) in [5.41, 5.74) is 3.89. The van der Waals surface area contributed by atoms with E-state index in [1.54, 1.807) is 6.92 Å². The van der Waals surface area contributed by atoms with Crippen molar-refractivity contribution < 1.29 is 18.7 Å². The summed E-state index contributed by atoms with van der Waals surface area (Å²) >= 11 is 1.36. The van der Waals surface area contributed by atoms with E-state index < -0.39 is 5.97 Å². The SMILES string of the molecule is CCOC(=O)c1c(NC(=O)c2oc3ccc(CC)cc3c2C)sc(C)c1C. The molecule has 2 aromatic heterocycles. The quantitative estimate of drug-likeness (QED) is 0.596. The highest BCUT2D eigenvalue weighted by molar-refractivity contribution is 7.16. The molecule has 142 valence electrons. The molecule has 0 aliphatic carbocycles. The molecular weight excluding hydrogens is 362 g/mol. The number of hydrogen-bond acceptors (Lipinski definition) is 5. The Bertz CT molecular complexity index is 1030. The zero-order chi connectivity index (χ0) is 19.7. The van der Waals surface area contributed by atoms with Gasteiger partial charge >= 0.3 is 5.97 Å². The van der Waals surface area contributed by atoms with Gasteiger partial charge in [0.15, 0.2) is 5.76 Å². The van der Waals surface area contributed by atoms with E-state index in [0.29, 0.717) is 16.1 Å². The number of ether oxygens (including phenoxy) is 1. The van der Waals surface area contributed by atoms with E-state index in [-0.39, 0.29) is 18.3 Å². The van der Waals surface area contributed by atoms with Crippen LogP contribution in [0, 0.1) is 20.8 Å². The zero-order valence-electron chi connectivity index (χ0n) is 16.2. The lowest BCUT2D eigenvalue weighted by Crippen LogP contribution is -2.15. The molecule has 27 heavy (non-hydrogen) atoms. The van der Waals surface area contributed by atoms with Gasteiger partial charge in [-0.3, -0.25) is 4.79 Å². The van der Waals surface area contributed by atoms with E-state index in [1.165, 1.54) is 16.9 Å². The molecule has 3 rings (SSSR count). The van der Waals surface area contributed by atoms with Crippen molar-refractivity contribution in [2.75, 3.05) is 11.9 Å². The summed E-state index contributed by atoms with van der Waals surface area (Å²) in [6, 6.07) is 5.94. The highest BCUT2D eigenvalue weighted by atomic mass is 32.1. The molecule has 0 radical (unpaired) electrons. The van der Waals surface area contributed by atoms with Crippen LogP contribution in [0.3, 0.4) is 0 Å². The first-order chi connectivity index (χ1) is 12.9. The van der Waals surface area contributed by atoms with Crippen molar-refractivity contribution in [3.8, 4) is 0 Å². The summed E-state index contributed by atoms with van der Waals surface area (Å²) in [7, 11) is 0. The normalized spacial score (nSPS) is 11.0. The van der Waals surface area contributed by atoms with Gasteiger partial charge in [0.05, 0.1) is 12.2 Å². The number of furan rings is 1. The predicted molar refractivity (Wildman–Crippen MR) is 108 cm³/mol. The third-order valence-corrected chi connectivity index (χ3v) is 5.83. The summed E-state index contributed by atoms with van der Waals surface area (Å²) in [4.78, 5) is 26.1. The van der Waals surface area contributed by atoms with Crippen molar-refractivity contribution in [3.63, 3.8) is 0 Å². The maximum Gasteiger partial charge on any atom is 0.341 e. The molecule has 0 saturated heterocycles. The van der Waals surface area contributed by atoms with Crippen molar-refractivity contribution >= 4 is 39.2 Å². The topological polar surface area (TPSA) is 68.5 Å². The van der Waals surface area contributed by atoms with Gasteiger partial charge < -0.3 is 14.5 Å². The molecule has 0 spiro atoms. The van der Waals surface area contributed by atoms with Gasteiger partial charge in [-0.25, -0.2) is 4.79 Å². The van der Waals surface area contributed by atoms with Crippen molar-refractivity contribution in [3.05, 3.63) is 51.1 Å². The summed E-state index contributed by atoms with van der Waals surface area (Å²) < 4.78 is 10.9. The second-order valence-corrected chi connectivity index (χ2v) is 7.63. The minimum atomic E-state index is -0.427. The molecule has 3 aromatic rings.